The molecule has 14 heavy (non-hydrogen) atoms. The van der Waals surface area contributed by atoms with Gasteiger partial charge in [-0.05, 0) is 13.0 Å². The van der Waals surface area contributed by atoms with Crippen molar-refractivity contribution < 1.29 is 5.21 Å². The van der Waals surface area contributed by atoms with Gasteiger partial charge in [-0.1, -0.05) is 12.1 Å². The molecule has 1 unspecified atom stereocenters. The summed E-state index contributed by atoms with van der Waals surface area (Å²) in [5.74, 6) is 1.56. The fourth-order valence-electron chi connectivity index (χ4n) is 1.63. The Morgan fingerprint density at radius 2 is 2.50 bits per heavy atom. The number of nitrogens with zero attached hydrogens (tertiary/aromatic N) is 2. The SMILES string of the molecule is CC1CN(CCCC(N)=NO)CCS1. The minimum atomic E-state index is 0.337. The Balaban J connectivity index is 2.11. The van der Waals surface area contributed by atoms with E-state index in [1.807, 2.05) is 11.8 Å². The zero-order valence-electron chi connectivity index (χ0n) is 8.65. The van der Waals surface area contributed by atoms with Gasteiger partial charge < -0.3 is 15.8 Å². The topological polar surface area (TPSA) is 61.8 Å². The summed E-state index contributed by atoms with van der Waals surface area (Å²) in [5, 5.41) is 12.1. The molecule has 0 aromatic rings. The van der Waals surface area contributed by atoms with Crippen molar-refractivity contribution >= 4 is 17.6 Å². The highest BCUT2D eigenvalue weighted by atomic mass is 32.2. The van der Waals surface area contributed by atoms with Crippen LogP contribution >= 0.6 is 11.8 Å². The molecule has 1 aliphatic rings. The summed E-state index contributed by atoms with van der Waals surface area (Å²) in [4.78, 5) is 2.45. The van der Waals surface area contributed by atoms with Gasteiger partial charge in [-0.2, -0.15) is 11.8 Å². The molecule has 1 aliphatic heterocycles. The van der Waals surface area contributed by atoms with E-state index in [1.54, 1.807) is 0 Å². The molecular weight excluding hydrogens is 198 g/mol. The molecule has 3 N–H and O–H groups in total. The van der Waals surface area contributed by atoms with Crippen LogP contribution in [-0.2, 0) is 0 Å². The number of amidine groups is 1. The van der Waals surface area contributed by atoms with E-state index < -0.39 is 0 Å². The monoisotopic (exact) mass is 217 g/mol. The Hall–Kier alpha value is -0.420. The predicted molar refractivity (Wildman–Crippen MR) is 61.0 cm³/mol. The molecule has 0 aromatic carbocycles. The highest BCUT2D eigenvalue weighted by molar-refractivity contribution is 7.99. The van der Waals surface area contributed by atoms with Gasteiger partial charge in [0.1, 0.15) is 5.84 Å². The Kier molecular flexibility index (Phi) is 5.11. The van der Waals surface area contributed by atoms with E-state index in [2.05, 4.69) is 17.0 Å². The molecule has 82 valence electrons. The molecule has 1 fully saturated rings. The largest absolute Gasteiger partial charge is 0.409 e. The Morgan fingerprint density at radius 1 is 1.71 bits per heavy atom. The van der Waals surface area contributed by atoms with Gasteiger partial charge in [0.15, 0.2) is 0 Å². The summed E-state index contributed by atoms with van der Waals surface area (Å²) in [6.45, 7) is 5.66. The average Bonchev–Trinajstić information content (AvgIpc) is 2.17. The van der Waals surface area contributed by atoms with Crippen molar-refractivity contribution in [2.24, 2.45) is 10.9 Å². The first-order chi connectivity index (χ1) is 6.72. The van der Waals surface area contributed by atoms with Crippen LogP contribution in [0.2, 0.25) is 0 Å². The van der Waals surface area contributed by atoms with Crippen LogP contribution in [0.1, 0.15) is 19.8 Å². The molecule has 0 radical (unpaired) electrons. The summed E-state index contributed by atoms with van der Waals surface area (Å²) < 4.78 is 0. The molecular formula is C9H19N3OS. The fraction of sp³-hybridized carbons (Fsp3) is 0.889. The van der Waals surface area contributed by atoms with Crippen LogP contribution in [-0.4, -0.2) is 46.6 Å². The van der Waals surface area contributed by atoms with Gasteiger partial charge in [0.2, 0.25) is 0 Å². The van der Waals surface area contributed by atoms with E-state index in [-0.39, 0.29) is 0 Å². The lowest BCUT2D eigenvalue weighted by Gasteiger charge is -2.30. The summed E-state index contributed by atoms with van der Waals surface area (Å²) in [6, 6.07) is 0. The quantitative estimate of drug-likeness (QED) is 0.318. The van der Waals surface area contributed by atoms with Gasteiger partial charge in [0, 0.05) is 30.5 Å². The maximum Gasteiger partial charge on any atom is 0.139 e. The minimum Gasteiger partial charge on any atom is -0.409 e. The van der Waals surface area contributed by atoms with Crippen molar-refractivity contribution in [3.05, 3.63) is 0 Å². The third-order valence-corrected chi connectivity index (χ3v) is 3.50. The maximum atomic E-state index is 8.36. The van der Waals surface area contributed by atoms with E-state index in [1.165, 1.54) is 18.8 Å². The first kappa shape index (κ1) is 11.7. The second-order valence-electron chi connectivity index (χ2n) is 3.68. The lowest BCUT2D eigenvalue weighted by Crippen LogP contribution is -2.37. The molecule has 0 aromatic heterocycles. The number of thioether (sulfide) groups is 1. The molecule has 4 nitrogen and oxygen atoms in total. The van der Waals surface area contributed by atoms with E-state index in [4.69, 9.17) is 10.9 Å². The molecule has 1 atom stereocenters. The van der Waals surface area contributed by atoms with Crippen molar-refractivity contribution in [2.45, 2.75) is 25.0 Å². The Bertz CT molecular complexity index is 198. The van der Waals surface area contributed by atoms with Crippen LogP contribution in [0.3, 0.4) is 0 Å². The number of oxime groups is 1. The standard InChI is InChI=1S/C9H19N3OS/c1-8-7-12(5-6-14-8)4-2-3-9(10)11-13/h8,13H,2-7H2,1H3,(H2,10,11). The molecule has 0 spiro atoms. The van der Waals surface area contributed by atoms with E-state index in [9.17, 15) is 0 Å². The highest BCUT2D eigenvalue weighted by Gasteiger charge is 2.15. The van der Waals surface area contributed by atoms with Crippen molar-refractivity contribution in [1.29, 1.82) is 0 Å². The van der Waals surface area contributed by atoms with Crippen molar-refractivity contribution in [1.82, 2.24) is 4.90 Å². The van der Waals surface area contributed by atoms with Crippen molar-refractivity contribution in [3.63, 3.8) is 0 Å². The summed E-state index contributed by atoms with van der Waals surface area (Å²) >= 11 is 2.04. The van der Waals surface area contributed by atoms with Crippen LogP contribution in [0.5, 0.6) is 0 Å². The zero-order valence-corrected chi connectivity index (χ0v) is 9.46. The molecule has 0 saturated carbocycles. The predicted octanol–water partition coefficient (Wildman–Crippen LogP) is 0.950. The first-order valence-electron chi connectivity index (χ1n) is 5.02. The van der Waals surface area contributed by atoms with Crippen LogP contribution in [0.15, 0.2) is 5.16 Å². The maximum absolute atomic E-state index is 8.36. The smallest absolute Gasteiger partial charge is 0.139 e. The number of hydrogen-bond acceptors (Lipinski definition) is 4. The second-order valence-corrected chi connectivity index (χ2v) is 5.22. The van der Waals surface area contributed by atoms with Crippen molar-refractivity contribution in [3.8, 4) is 0 Å². The zero-order chi connectivity index (χ0) is 10.4. The number of nitrogens with two attached hydrogens (primary N) is 1. The van der Waals surface area contributed by atoms with Crippen LogP contribution in [0.25, 0.3) is 0 Å². The summed E-state index contributed by atoms with van der Waals surface area (Å²) in [6.07, 6.45) is 1.67. The number of rotatable bonds is 4. The van der Waals surface area contributed by atoms with Gasteiger partial charge in [-0.3, -0.25) is 0 Å². The lowest BCUT2D eigenvalue weighted by molar-refractivity contribution is 0.283. The molecule has 0 amide bonds. The van der Waals surface area contributed by atoms with Gasteiger partial charge in [-0.25, -0.2) is 0 Å². The Labute approximate surface area is 89.5 Å². The molecule has 0 aliphatic carbocycles. The Morgan fingerprint density at radius 3 is 3.14 bits per heavy atom. The summed E-state index contributed by atoms with van der Waals surface area (Å²) in [7, 11) is 0. The third-order valence-electron chi connectivity index (χ3n) is 2.36. The molecule has 1 heterocycles. The lowest BCUT2D eigenvalue weighted by atomic mass is 10.2. The van der Waals surface area contributed by atoms with Crippen molar-refractivity contribution in [2.75, 3.05) is 25.4 Å². The second kappa shape index (κ2) is 6.14. The minimum absolute atomic E-state index is 0.337. The van der Waals surface area contributed by atoms with Gasteiger partial charge >= 0.3 is 0 Å². The normalized spacial score (nSPS) is 25.2. The van der Waals surface area contributed by atoms with Crippen LogP contribution in [0.4, 0.5) is 0 Å². The van der Waals surface area contributed by atoms with Gasteiger partial charge in [-0.15, -0.1) is 0 Å². The van der Waals surface area contributed by atoms with E-state index in [0.29, 0.717) is 12.3 Å². The average molecular weight is 217 g/mol. The van der Waals surface area contributed by atoms with E-state index >= 15 is 0 Å². The third kappa shape index (κ3) is 4.19. The number of hydrogen-bond donors (Lipinski definition) is 2. The molecule has 1 rings (SSSR count). The highest BCUT2D eigenvalue weighted by Crippen LogP contribution is 2.17. The van der Waals surface area contributed by atoms with Crippen LogP contribution < -0.4 is 5.73 Å². The van der Waals surface area contributed by atoms with Crippen LogP contribution in [0, 0.1) is 0 Å². The molecule has 5 heteroatoms. The summed E-state index contributed by atoms with van der Waals surface area (Å²) in [5.41, 5.74) is 5.39. The van der Waals surface area contributed by atoms with Gasteiger partial charge in [0.05, 0.1) is 0 Å². The fourth-order valence-corrected chi connectivity index (χ4v) is 2.71. The molecule has 0 bridgehead atoms. The van der Waals surface area contributed by atoms with E-state index in [0.717, 1.165) is 18.2 Å². The molecule has 1 saturated heterocycles. The first-order valence-corrected chi connectivity index (χ1v) is 6.07. The van der Waals surface area contributed by atoms with Gasteiger partial charge in [0.25, 0.3) is 0 Å².